The zero-order valence-corrected chi connectivity index (χ0v) is 12.4. The molecule has 0 saturated heterocycles. The average Bonchev–Trinajstić information content (AvgIpc) is 2.95. The topological polar surface area (TPSA) is 61.0 Å². The minimum Gasteiger partial charge on any atom is -0.497 e. The minimum atomic E-state index is -0.0141. The maximum Gasteiger partial charge on any atom is 0.203 e. The highest BCUT2D eigenvalue weighted by atomic mass is 32.1. The summed E-state index contributed by atoms with van der Waals surface area (Å²) in [5, 5.41) is 9.97. The van der Waals surface area contributed by atoms with E-state index in [9.17, 15) is 0 Å². The number of nitrogens with zero attached hydrogens (tertiary/aromatic N) is 2. The molecule has 1 aliphatic rings. The third-order valence-corrected chi connectivity index (χ3v) is 5.16. The number of aromatic nitrogens is 2. The second-order valence-corrected chi connectivity index (χ2v) is 6.33. The molecule has 0 atom stereocenters. The van der Waals surface area contributed by atoms with Crippen molar-refractivity contribution in [1.29, 1.82) is 0 Å². The zero-order valence-electron chi connectivity index (χ0n) is 11.6. The first kappa shape index (κ1) is 13.4. The van der Waals surface area contributed by atoms with Gasteiger partial charge in [-0.2, -0.15) is 0 Å². The third kappa shape index (κ3) is 2.26. The van der Waals surface area contributed by atoms with E-state index >= 15 is 0 Å². The summed E-state index contributed by atoms with van der Waals surface area (Å²) in [5.74, 6) is 0.886. The Morgan fingerprint density at radius 1 is 1.10 bits per heavy atom. The molecule has 3 rings (SSSR count). The van der Waals surface area contributed by atoms with Gasteiger partial charge in [0.1, 0.15) is 10.8 Å². The van der Waals surface area contributed by atoms with E-state index < -0.39 is 0 Å². The number of hydrogen-bond donors (Lipinski definition) is 1. The Kier molecular flexibility index (Phi) is 3.61. The van der Waals surface area contributed by atoms with Crippen LogP contribution in [0, 0.1) is 0 Å². The van der Waals surface area contributed by atoms with Crippen LogP contribution in [0.2, 0.25) is 0 Å². The Hall–Kier alpha value is -1.62. The summed E-state index contributed by atoms with van der Waals surface area (Å²) in [6, 6.07) is 8.36. The van der Waals surface area contributed by atoms with Crippen molar-refractivity contribution in [1.82, 2.24) is 10.2 Å². The molecule has 1 aliphatic carbocycles. The molecule has 1 fully saturated rings. The fraction of sp³-hybridized carbons (Fsp3) is 0.467. The molecule has 2 N–H and O–H groups in total. The van der Waals surface area contributed by atoms with Gasteiger partial charge in [-0.05, 0) is 30.5 Å². The number of nitrogen functional groups attached to an aromatic ring is 1. The van der Waals surface area contributed by atoms with Crippen LogP contribution in [0.4, 0.5) is 5.13 Å². The lowest BCUT2D eigenvalue weighted by Gasteiger charge is -2.35. The Balaban J connectivity index is 2.04. The summed E-state index contributed by atoms with van der Waals surface area (Å²) in [6.45, 7) is 0. The van der Waals surface area contributed by atoms with E-state index in [-0.39, 0.29) is 5.41 Å². The van der Waals surface area contributed by atoms with Crippen LogP contribution in [0.15, 0.2) is 24.3 Å². The number of benzene rings is 1. The van der Waals surface area contributed by atoms with Gasteiger partial charge in [-0.1, -0.05) is 42.7 Å². The Morgan fingerprint density at radius 3 is 2.35 bits per heavy atom. The summed E-state index contributed by atoms with van der Waals surface area (Å²) >= 11 is 1.52. The second kappa shape index (κ2) is 5.40. The number of ether oxygens (including phenoxy) is 1. The van der Waals surface area contributed by atoms with Gasteiger partial charge in [0.05, 0.1) is 7.11 Å². The summed E-state index contributed by atoms with van der Waals surface area (Å²) in [6.07, 6.45) is 5.99. The molecule has 2 aromatic rings. The van der Waals surface area contributed by atoms with Gasteiger partial charge in [0, 0.05) is 5.41 Å². The van der Waals surface area contributed by atoms with E-state index in [1.807, 2.05) is 12.1 Å². The number of nitrogens with two attached hydrogens (primary N) is 1. The van der Waals surface area contributed by atoms with Crippen molar-refractivity contribution in [3.05, 3.63) is 34.8 Å². The molecule has 5 heteroatoms. The molecule has 20 heavy (non-hydrogen) atoms. The van der Waals surface area contributed by atoms with Crippen LogP contribution in [0.5, 0.6) is 5.75 Å². The monoisotopic (exact) mass is 289 g/mol. The molecule has 0 aliphatic heterocycles. The van der Waals surface area contributed by atoms with Crippen LogP contribution >= 0.6 is 11.3 Å². The molecule has 1 aromatic heterocycles. The first-order valence-electron chi connectivity index (χ1n) is 6.98. The van der Waals surface area contributed by atoms with Crippen LogP contribution in [-0.4, -0.2) is 17.3 Å². The van der Waals surface area contributed by atoms with Gasteiger partial charge in [0.2, 0.25) is 5.13 Å². The van der Waals surface area contributed by atoms with Crippen molar-refractivity contribution in [2.75, 3.05) is 12.8 Å². The maximum absolute atomic E-state index is 5.79. The molecule has 0 spiro atoms. The molecule has 0 bridgehead atoms. The van der Waals surface area contributed by atoms with Gasteiger partial charge < -0.3 is 10.5 Å². The van der Waals surface area contributed by atoms with E-state index in [4.69, 9.17) is 10.5 Å². The Bertz CT molecular complexity index is 573. The lowest BCUT2D eigenvalue weighted by atomic mass is 9.70. The van der Waals surface area contributed by atoms with E-state index in [2.05, 4.69) is 22.3 Å². The SMILES string of the molecule is COc1ccc(C2(c3nnc(N)s3)CCCCC2)cc1. The van der Waals surface area contributed by atoms with E-state index in [0.29, 0.717) is 5.13 Å². The predicted molar refractivity (Wildman–Crippen MR) is 81.2 cm³/mol. The highest BCUT2D eigenvalue weighted by molar-refractivity contribution is 7.15. The van der Waals surface area contributed by atoms with Crippen molar-refractivity contribution in [2.45, 2.75) is 37.5 Å². The number of rotatable bonds is 3. The normalized spacial score (nSPS) is 17.9. The molecule has 1 heterocycles. The maximum atomic E-state index is 5.79. The van der Waals surface area contributed by atoms with Crippen molar-refractivity contribution >= 4 is 16.5 Å². The standard InChI is InChI=1S/C15H19N3OS/c1-19-12-7-5-11(6-8-12)15(9-3-2-4-10-15)13-17-18-14(16)20-13/h5-8H,2-4,9-10H2,1H3,(H2,16,18). The summed E-state index contributed by atoms with van der Waals surface area (Å²) in [7, 11) is 1.69. The molecular weight excluding hydrogens is 270 g/mol. The summed E-state index contributed by atoms with van der Waals surface area (Å²) in [4.78, 5) is 0. The highest BCUT2D eigenvalue weighted by Gasteiger charge is 2.38. The van der Waals surface area contributed by atoms with Gasteiger partial charge in [0.25, 0.3) is 0 Å². The van der Waals surface area contributed by atoms with Crippen molar-refractivity contribution in [2.24, 2.45) is 0 Å². The first-order chi connectivity index (χ1) is 9.74. The van der Waals surface area contributed by atoms with Gasteiger partial charge in [-0.15, -0.1) is 10.2 Å². The molecule has 1 saturated carbocycles. The van der Waals surface area contributed by atoms with Gasteiger partial charge in [-0.25, -0.2) is 0 Å². The van der Waals surface area contributed by atoms with E-state index in [0.717, 1.165) is 23.6 Å². The lowest BCUT2D eigenvalue weighted by molar-refractivity contribution is 0.342. The molecule has 0 radical (unpaired) electrons. The predicted octanol–water partition coefficient (Wildman–Crippen LogP) is 3.38. The second-order valence-electron chi connectivity index (χ2n) is 5.32. The Morgan fingerprint density at radius 2 is 1.80 bits per heavy atom. The average molecular weight is 289 g/mol. The largest absolute Gasteiger partial charge is 0.497 e. The van der Waals surface area contributed by atoms with Gasteiger partial charge in [0.15, 0.2) is 0 Å². The molecule has 1 aromatic carbocycles. The van der Waals surface area contributed by atoms with Crippen LogP contribution in [0.25, 0.3) is 0 Å². The van der Waals surface area contributed by atoms with Crippen LogP contribution < -0.4 is 10.5 Å². The fourth-order valence-electron chi connectivity index (χ4n) is 3.12. The molecule has 106 valence electrons. The molecular formula is C15H19N3OS. The molecule has 0 unspecified atom stereocenters. The summed E-state index contributed by atoms with van der Waals surface area (Å²) in [5.41, 5.74) is 7.08. The fourth-order valence-corrected chi connectivity index (χ4v) is 4.00. The molecule has 0 amide bonds. The van der Waals surface area contributed by atoms with Gasteiger partial charge >= 0.3 is 0 Å². The zero-order chi connectivity index (χ0) is 14.0. The first-order valence-corrected chi connectivity index (χ1v) is 7.80. The number of hydrogen-bond acceptors (Lipinski definition) is 5. The molecule has 4 nitrogen and oxygen atoms in total. The van der Waals surface area contributed by atoms with Crippen LogP contribution in [0.3, 0.4) is 0 Å². The number of methoxy groups -OCH3 is 1. The third-order valence-electron chi connectivity index (χ3n) is 4.20. The highest BCUT2D eigenvalue weighted by Crippen LogP contribution is 2.46. The lowest BCUT2D eigenvalue weighted by Crippen LogP contribution is -2.30. The quantitative estimate of drug-likeness (QED) is 0.941. The van der Waals surface area contributed by atoms with Crippen molar-refractivity contribution < 1.29 is 4.74 Å². The van der Waals surface area contributed by atoms with Crippen molar-refractivity contribution in [3.63, 3.8) is 0 Å². The smallest absolute Gasteiger partial charge is 0.203 e. The van der Waals surface area contributed by atoms with Crippen molar-refractivity contribution in [3.8, 4) is 5.75 Å². The van der Waals surface area contributed by atoms with Gasteiger partial charge in [-0.3, -0.25) is 0 Å². The summed E-state index contributed by atoms with van der Waals surface area (Å²) < 4.78 is 5.25. The van der Waals surface area contributed by atoms with Crippen LogP contribution in [0.1, 0.15) is 42.7 Å². The van der Waals surface area contributed by atoms with E-state index in [1.165, 1.54) is 36.2 Å². The minimum absolute atomic E-state index is 0.0141. The number of anilines is 1. The van der Waals surface area contributed by atoms with Crippen LogP contribution in [-0.2, 0) is 5.41 Å². The van der Waals surface area contributed by atoms with E-state index in [1.54, 1.807) is 7.11 Å². The Labute approximate surface area is 123 Å².